The van der Waals surface area contributed by atoms with Crippen LogP contribution in [0.3, 0.4) is 0 Å². The Morgan fingerprint density at radius 2 is 2.26 bits per heavy atom. The van der Waals surface area contributed by atoms with E-state index in [0.29, 0.717) is 31.1 Å². The lowest BCUT2D eigenvalue weighted by atomic mass is 10.0. The number of rotatable bonds is 5. The van der Waals surface area contributed by atoms with Gasteiger partial charge in [-0.25, -0.2) is 4.79 Å². The van der Waals surface area contributed by atoms with Crippen molar-refractivity contribution in [1.82, 2.24) is 20.2 Å². The molecule has 0 spiro atoms. The topological polar surface area (TPSA) is 108 Å². The number of amides is 2. The smallest absolute Gasteiger partial charge is 0.345 e. The molecule has 27 heavy (non-hydrogen) atoms. The Labute approximate surface area is 157 Å². The highest BCUT2D eigenvalue weighted by Crippen LogP contribution is 2.15. The summed E-state index contributed by atoms with van der Waals surface area (Å²) in [7, 11) is 0. The third kappa shape index (κ3) is 4.84. The van der Waals surface area contributed by atoms with Crippen LogP contribution in [0.1, 0.15) is 53.4 Å². The Balaban J connectivity index is 1.66. The van der Waals surface area contributed by atoms with Crippen LogP contribution < -0.4 is 11.0 Å². The van der Waals surface area contributed by atoms with Gasteiger partial charge in [0.1, 0.15) is 5.69 Å². The number of aromatic nitrogens is 2. The Bertz CT molecular complexity index is 857. The van der Waals surface area contributed by atoms with E-state index >= 15 is 0 Å². The molecule has 1 atom stereocenters. The fraction of sp³-hybridized carbons (Fsp3) is 0.474. The van der Waals surface area contributed by atoms with E-state index in [4.69, 9.17) is 4.42 Å². The SMILES string of the molecule is CC(C)Cc1cc(C(=O)N[C@@H]2CCCN(C(=O)c3ccco3)C2)nc(=O)[nH]1. The number of carbonyl (C=O) groups is 2. The van der Waals surface area contributed by atoms with Crippen LogP contribution in [-0.4, -0.2) is 45.8 Å². The van der Waals surface area contributed by atoms with E-state index in [0.717, 1.165) is 12.8 Å². The van der Waals surface area contributed by atoms with E-state index in [-0.39, 0.29) is 23.4 Å². The molecule has 0 bridgehead atoms. The molecule has 2 aromatic rings. The summed E-state index contributed by atoms with van der Waals surface area (Å²) in [6, 6.07) is 4.72. The van der Waals surface area contributed by atoms with Crippen molar-refractivity contribution in [2.45, 2.75) is 39.2 Å². The molecule has 0 unspecified atom stereocenters. The molecule has 1 aliphatic rings. The molecular weight excluding hydrogens is 348 g/mol. The van der Waals surface area contributed by atoms with Gasteiger partial charge in [0.05, 0.1) is 6.26 Å². The molecule has 3 rings (SSSR count). The second-order valence-electron chi connectivity index (χ2n) is 7.24. The molecule has 0 radical (unpaired) electrons. The number of hydrogen-bond acceptors (Lipinski definition) is 5. The molecule has 1 saturated heterocycles. The molecule has 2 N–H and O–H groups in total. The van der Waals surface area contributed by atoms with Crippen molar-refractivity contribution in [1.29, 1.82) is 0 Å². The number of piperidine rings is 1. The van der Waals surface area contributed by atoms with Crippen molar-refractivity contribution >= 4 is 11.8 Å². The summed E-state index contributed by atoms with van der Waals surface area (Å²) in [5.41, 5.74) is 0.258. The molecule has 8 heteroatoms. The molecule has 0 saturated carbocycles. The summed E-state index contributed by atoms with van der Waals surface area (Å²) >= 11 is 0. The van der Waals surface area contributed by atoms with Gasteiger partial charge in [0.15, 0.2) is 5.76 Å². The number of H-pyrrole nitrogens is 1. The third-order valence-corrected chi connectivity index (χ3v) is 4.44. The summed E-state index contributed by atoms with van der Waals surface area (Å²) in [6.07, 6.45) is 3.66. The summed E-state index contributed by atoms with van der Waals surface area (Å²) in [6.45, 7) is 5.08. The number of nitrogens with one attached hydrogen (secondary N) is 2. The van der Waals surface area contributed by atoms with Gasteiger partial charge < -0.3 is 19.6 Å². The summed E-state index contributed by atoms with van der Waals surface area (Å²) < 4.78 is 5.17. The second-order valence-corrected chi connectivity index (χ2v) is 7.24. The lowest BCUT2D eigenvalue weighted by Crippen LogP contribution is -2.49. The van der Waals surface area contributed by atoms with Gasteiger partial charge in [-0.1, -0.05) is 13.8 Å². The molecule has 8 nitrogen and oxygen atoms in total. The Morgan fingerprint density at radius 1 is 1.44 bits per heavy atom. The minimum Gasteiger partial charge on any atom is -0.459 e. The average molecular weight is 372 g/mol. The Hall–Kier alpha value is -2.90. The minimum atomic E-state index is -0.531. The molecular formula is C19H24N4O4. The quantitative estimate of drug-likeness (QED) is 0.829. The second kappa shape index (κ2) is 8.20. The van der Waals surface area contributed by atoms with Crippen LogP contribution in [0.5, 0.6) is 0 Å². The number of furan rings is 1. The zero-order valence-corrected chi connectivity index (χ0v) is 15.5. The van der Waals surface area contributed by atoms with Crippen LogP contribution in [0, 0.1) is 5.92 Å². The summed E-state index contributed by atoms with van der Waals surface area (Å²) in [4.78, 5) is 44.8. The van der Waals surface area contributed by atoms with Crippen LogP contribution in [-0.2, 0) is 6.42 Å². The van der Waals surface area contributed by atoms with Gasteiger partial charge in [-0.15, -0.1) is 0 Å². The van der Waals surface area contributed by atoms with E-state index in [1.165, 1.54) is 6.26 Å². The lowest BCUT2D eigenvalue weighted by molar-refractivity contribution is 0.0646. The van der Waals surface area contributed by atoms with Crippen molar-refractivity contribution in [3.63, 3.8) is 0 Å². The third-order valence-electron chi connectivity index (χ3n) is 4.44. The molecule has 1 fully saturated rings. The monoisotopic (exact) mass is 372 g/mol. The van der Waals surface area contributed by atoms with Gasteiger partial charge in [-0.2, -0.15) is 4.98 Å². The molecule has 2 aromatic heterocycles. The van der Waals surface area contributed by atoms with Crippen molar-refractivity contribution in [3.8, 4) is 0 Å². The summed E-state index contributed by atoms with van der Waals surface area (Å²) in [5.74, 6) is 0.0471. The number of likely N-dealkylation sites (tertiary alicyclic amines) is 1. The van der Waals surface area contributed by atoms with E-state index in [1.54, 1.807) is 23.1 Å². The van der Waals surface area contributed by atoms with Crippen molar-refractivity contribution in [2.24, 2.45) is 5.92 Å². The largest absolute Gasteiger partial charge is 0.459 e. The highest BCUT2D eigenvalue weighted by molar-refractivity contribution is 5.93. The molecule has 1 aliphatic heterocycles. The van der Waals surface area contributed by atoms with Crippen LogP contribution in [0.25, 0.3) is 0 Å². The first-order chi connectivity index (χ1) is 12.9. The highest BCUT2D eigenvalue weighted by Gasteiger charge is 2.27. The Kier molecular flexibility index (Phi) is 5.73. The molecule has 0 aromatic carbocycles. The first-order valence-corrected chi connectivity index (χ1v) is 9.16. The van der Waals surface area contributed by atoms with Crippen molar-refractivity contribution in [2.75, 3.05) is 13.1 Å². The predicted octanol–water partition coefficient (Wildman–Crippen LogP) is 1.60. The maximum Gasteiger partial charge on any atom is 0.345 e. The zero-order chi connectivity index (χ0) is 19.4. The van der Waals surface area contributed by atoms with Gasteiger partial charge in [0, 0.05) is 24.8 Å². The van der Waals surface area contributed by atoms with Crippen molar-refractivity contribution < 1.29 is 14.0 Å². The van der Waals surface area contributed by atoms with Crippen LogP contribution in [0.4, 0.5) is 0 Å². The first kappa shape index (κ1) is 18.9. The van der Waals surface area contributed by atoms with Gasteiger partial charge >= 0.3 is 5.69 Å². The van der Waals surface area contributed by atoms with Gasteiger partial charge in [0.2, 0.25) is 0 Å². The van der Waals surface area contributed by atoms with Crippen molar-refractivity contribution in [3.05, 3.63) is 52.1 Å². The van der Waals surface area contributed by atoms with E-state index in [1.807, 2.05) is 13.8 Å². The standard InChI is InChI=1S/C19H24N4O4/c1-12(2)9-14-10-15(22-19(26)21-14)17(24)20-13-5-3-7-23(11-13)18(25)16-6-4-8-27-16/h4,6,8,10,12-13H,3,5,7,9,11H2,1-2H3,(H,20,24)(H,21,22,26)/t13-/m1/s1. The first-order valence-electron chi connectivity index (χ1n) is 9.16. The molecule has 3 heterocycles. The van der Waals surface area contributed by atoms with Crippen LogP contribution in [0.2, 0.25) is 0 Å². The fourth-order valence-electron chi connectivity index (χ4n) is 3.27. The highest BCUT2D eigenvalue weighted by atomic mass is 16.3. The number of nitrogens with zero attached hydrogens (tertiary/aromatic N) is 2. The maximum absolute atomic E-state index is 12.6. The number of aromatic amines is 1. The van der Waals surface area contributed by atoms with E-state index in [2.05, 4.69) is 15.3 Å². The molecule has 144 valence electrons. The van der Waals surface area contributed by atoms with Crippen LogP contribution >= 0.6 is 0 Å². The lowest BCUT2D eigenvalue weighted by Gasteiger charge is -2.32. The number of carbonyl (C=O) groups excluding carboxylic acids is 2. The molecule has 2 amide bonds. The van der Waals surface area contributed by atoms with Gasteiger partial charge in [-0.05, 0) is 43.4 Å². The minimum absolute atomic E-state index is 0.101. The maximum atomic E-state index is 12.6. The van der Waals surface area contributed by atoms with E-state index in [9.17, 15) is 14.4 Å². The van der Waals surface area contributed by atoms with Crippen LogP contribution in [0.15, 0.2) is 33.7 Å². The van der Waals surface area contributed by atoms with Gasteiger partial charge in [0.25, 0.3) is 11.8 Å². The zero-order valence-electron chi connectivity index (χ0n) is 15.5. The predicted molar refractivity (Wildman–Crippen MR) is 98.5 cm³/mol. The van der Waals surface area contributed by atoms with Gasteiger partial charge in [-0.3, -0.25) is 9.59 Å². The number of hydrogen-bond donors (Lipinski definition) is 2. The van der Waals surface area contributed by atoms with E-state index < -0.39 is 11.6 Å². The molecule has 0 aliphatic carbocycles. The average Bonchev–Trinajstić information content (AvgIpc) is 3.15. The Morgan fingerprint density at radius 3 is 2.96 bits per heavy atom. The normalized spacial score (nSPS) is 17.1. The fourth-order valence-corrected chi connectivity index (χ4v) is 3.27. The summed E-state index contributed by atoms with van der Waals surface area (Å²) in [5, 5.41) is 2.89.